The van der Waals surface area contributed by atoms with E-state index < -0.39 is 0 Å². The van der Waals surface area contributed by atoms with Gasteiger partial charge < -0.3 is 4.74 Å². The fraction of sp³-hybridized carbons (Fsp3) is 0.214. The van der Waals surface area contributed by atoms with Gasteiger partial charge in [-0.1, -0.05) is 12.1 Å². The SMILES string of the molecule is CSc1ccccc1OCc1cc(C(=O)NN)sc1C. The minimum Gasteiger partial charge on any atom is -0.488 e. The molecule has 106 valence electrons. The first-order chi connectivity index (χ1) is 9.65. The van der Waals surface area contributed by atoms with Crippen LogP contribution in [0.1, 0.15) is 20.1 Å². The number of amides is 1. The Kier molecular flexibility index (Phi) is 5.05. The Morgan fingerprint density at radius 3 is 2.90 bits per heavy atom. The number of ether oxygens (including phenoxy) is 1. The maximum Gasteiger partial charge on any atom is 0.275 e. The number of hydrogen-bond donors (Lipinski definition) is 2. The van der Waals surface area contributed by atoms with E-state index in [1.54, 1.807) is 11.8 Å². The van der Waals surface area contributed by atoms with Gasteiger partial charge in [0, 0.05) is 15.3 Å². The topological polar surface area (TPSA) is 64.3 Å². The molecule has 20 heavy (non-hydrogen) atoms. The summed E-state index contributed by atoms with van der Waals surface area (Å²) in [6.45, 7) is 2.41. The molecule has 0 aliphatic carbocycles. The van der Waals surface area contributed by atoms with Gasteiger partial charge in [-0.25, -0.2) is 5.84 Å². The van der Waals surface area contributed by atoms with E-state index in [-0.39, 0.29) is 5.91 Å². The molecule has 0 spiro atoms. The molecule has 4 nitrogen and oxygen atoms in total. The van der Waals surface area contributed by atoms with Crippen LogP contribution in [-0.2, 0) is 6.61 Å². The van der Waals surface area contributed by atoms with Crippen molar-refractivity contribution < 1.29 is 9.53 Å². The first kappa shape index (κ1) is 14.9. The number of carbonyl (C=O) groups is 1. The number of benzene rings is 1. The zero-order chi connectivity index (χ0) is 14.5. The fourth-order valence-electron chi connectivity index (χ4n) is 1.74. The third-order valence-electron chi connectivity index (χ3n) is 2.83. The van der Waals surface area contributed by atoms with Crippen LogP contribution in [0.15, 0.2) is 35.2 Å². The van der Waals surface area contributed by atoms with E-state index in [0.29, 0.717) is 11.5 Å². The second-order valence-corrected chi connectivity index (χ2v) is 6.21. The second kappa shape index (κ2) is 6.78. The van der Waals surface area contributed by atoms with Gasteiger partial charge >= 0.3 is 0 Å². The van der Waals surface area contributed by atoms with Crippen molar-refractivity contribution in [1.29, 1.82) is 0 Å². The number of thioether (sulfide) groups is 1. The Balaban J connectivity index is 2.11. The van der Waals surface area contributed by atoms with Gasteiger partial charge in [-0.15, -0.1) is 23.1 Å². The van der Waals surface area contributed by atoms with Gasteiger partial charge in [0.15, 0.2) is 0 Å². The molecular weight excluding hydrogens is 292 g/mol. The molecule has 0 saturated carbocycles. The smallest absolute Gasteiger partial charge is 0.275 e. The predicted octanol–water partition coefficient (Wildman–Crippen LogP) is 2.96. The molecule has 0 bridgehead atoms. The van der Waals surface area contributed by atoms with Crippen LogP contribution in [-0.4, -0.2) is 12.2 Å². The van der Waals surface area contributed by atoms with Crippen LogP contribution < -0.4 is 16.0 Å². The number of nitrogens with one attached hydrogen (secondary N) is 1. The highest BCUT2D eigenvalue weighted by atomic mass is 32.2. The van der Waals surface area contributed by atoms with E-state index in [1.807, 2.05) is 43.5 Å². The van der Waals surface area contributed by atoms with Gasteiger partial charge in [0.1, 0.15) is 12.4 Å². The molecule has 1 amide bonds. The minimum absolute atomic E-state index is 0.270. The molecule has 0 saturated heterocycles. The van der Waals surface area contributed by atoms with E-state index in [4.69, 9.17) is 10.6 Å². The molecule has 0 radical (unpaired) electrons. The molecule has 0 aliphatic heterocycles. The van der Waals surface area contributed by atoms with Crippen molar-refractivity contribution in [1.82, 2.24) is 5.43 Å². The highest BCUT2D eigenvalue weighted by molar-refractivity contribution is 7.98. The number of hydrazine groups is 1. The Morgan fingerprint density at radius 2 is 2.20 bits per heavy atom. The normalized spacial score (nSPS) is 10.3. The van der Waals surface area contributed by atoms with Crippen LogP contribution in [0, 0.1) is 6.92 Å². The van der Waals surface area contributed by atoms with Gasteiger partial charge in [0.2, 0.25) is 0 Å². The van der Waals surface area contributed by atoms with E-state index in [9.17, 15) is 4.79 Å². The number of nitrogens with two attached hydrogens (primary N) is 1. The standard InChI is InChI=1S/C14H16N2O2S2/c1-9-10(7-13(20-9)14(17)16-15)8-18-11-5-3-4-6-12(11)19-2/h3-7H,8,15H2,1-2H3,(H,16,17). The van der Waals surface area contributed by atoms with Crippen LogP contribution in [0.4, 0.5) is 0 Å². The van der Waals surface area contributed by atoms with Crippen LogP contribution in [0.3, 0.4) is 0 Å². The highest BCUT2D eigenvalue weighted by Crippen LogP contribution is 2.29. The maximum atomic E-state index is 11.5. The predicted molar refractivity (Wildman–Crippen MR) is 83.3 cm³/mol. The second-order valence-electron chi connectivity index (χ2n) is 4.11. The van der Waals surface area contributed by atoms with Gasteiger partial charge in [0.05, 0.1) is 4.88 Å². The first-order valence-electron chi connectivity index (χ1n) is 6.01. The fourth-order valence-corrected chi connectivity index (χ4v) is 3.21. The summed E-state index contributed by atoms with van der Waals surface area (Å²) >= 11 is 3.06. The van der Waals surface area contributed by atoms with Crippen molar-refractivity contribution in [3.05, 3.63) is 45.6 Å². The number of para-hydroxylation sites is 1. The third kappa shape index (κ3) is 3.33. The van der Waals surface area contributed by atoms with Crippen molar-refractivity contribution in [2.75, 3.05) is 6.26 Å². The molecule has 0 unspecified atom stereocenters. The molecule has 2 rings (SSSR count). The lowest BCUT2D eigenvalue weighted by molar-refractivity contribution is 0.0957. The first-order valence-corrected chi connectivity index (χ1v) is 8.06. The average molecular weight is 308 g/mol. The number of hydrogen-bond acceptors (Lipinski definition) is 5. The molecule has 0 fully saturated rings. The molecule has 0 aliphatic rings. The van der Waals surface area contributed by atoms with E-state index >= 15 is 0 Å². The maximum absolute atomic E-state index is 11.5. The van der Waals surface area contributed by atoms with E-state index in [0.717, 1.165) is 21.1 Å². The lowest BCUT2D eigenvalue weighted by Gasteiger charge is -2.09. The number of carbonyl (C=O) groups excluding carboxylic acids is 1. The molecule has 1 heterocycles. The highest BCUT2D eigenvalue weighted by Gasteiger charge is 2.12. The van der Waals surface area contributed by atoms with Crippen LogP contribution in [0.2, 0.25) is 0 Å². The molecule has 2 aromatic rings. The molecule has 1 aromatic carbocycles. The van der Waals surface area contributed by atoms with Crippen molar-refractivity contribution in [3.63, 3.8) is 0 Å². The number of aryl methyl sites for hydroxylation is 1. The van der Waals surface area contributed by atoms with Crippen LogP contribution in [0.25, 0.3) is 0 Å². The largest absolute Gasteiger partial charge is 0.488 e. The minimum atomic E-state index is -0.270. The molecule has 1 aromatic heterocycles. The zero-order valence-electron chi connectivity index (χ0n) is 11.3. The van der Waals surface area contributed by atoms with Crippen molar-refractivity contribution in [2.24, 2.45) is 5.84 Å². The van der Waals surface area contributed by atoms with Gasteiger partial charge in [-0.3, -0.25) is 10.2 Å². The zero-order valence-corrected chi connectivity index (χ0v) is 12.9. The van der Waals surface area contributed by atoms with Crippen molar-refractivity contribution in [2.45, 2.75) is 18.4 Å². The molecule has 6 heteroatoms. The number of rotatable bonds is 5. The van der Waals surface area contributed by atoms with E-state index in [2.05, 4.69) is 5.43 Å². The van der Waals surface area contributed by atoms with Gasteiger partial charge in [-0.2, -0.15) is 0 Å². The summed E-state index contributed by atoms with van der Waals surface area (Å²) in [6.07, 6.45) is 2.02. The van der Waals surface area contributed by atoms with Gasteiger partial charge in [-0.05, 0) is 31.4 Å². The summed E-state index contributed by atoms with van der Waals surface area (Å²) in [5.41, 5.74) is 3.15. The Labute approximate surface area is 126 Å². The molecular formula is C14H16N2O2S2. The van der Waals surface area contributed by atoms with E-state index in [1.165, 1.54) is 11.3 Å². The Bertz CT molecular complexity index is 611. The summed E-state index contributed by atoms with van der Waals surface area (Å²) in [7, 11) is 0. The number of nitrogen functional groups attached to an aromatic ring is 1. The monoisotopic (exact) mass is 308 g/mol. The number of thiophene rings is 1. The summed E-state index contributed by atoms with van der Waals surface area (Å²) < 4.78 is 5.84. The van der Waals surface area contributed by atoms with Gasteiger partial charge in [0.25, 0.3) is 5.91 Å². The molecule has 0 atom stereocenters. The van der Waals surface area contributed by atoms with Crippen molar-refractivity contribution >= 4 is 29.0 Å². The summed E-state index contributed by atoms with van der Waals surface area (Å²) in [4.78, 5) is 14.2. The molecule has 3 N–H and O–H groups in total. The summed E-state index contributed by atoms with van der Waals surface area (Å²) in [5, 5.41) is 0. The van der Waals surface area contributed by atoms with Crippen molar-refractivity contribution in [3.8, 4) is 5.75 Å². The lowest BCUT2D eigenvalue weighted by atomic mass is 10.2. The quantitative estimate of drug-likeness (QED) is 0.386. The Morgan fingerprint density at radius 1 is 1.45 bits per heavy atom. The summed E-state index contributed by atoms with van der Waals surface area (Å²) in [5.74, 6) is 5.73. The summed E-state index contributed by atoms with van der Waals surface area (Å²) in [6, 6.07) is 9.72. The lowest BCUT2D eigenvalue weighted by Crippen LogP contribution is -2.29. The van der Waals surface area contributed by atoms with Crippen LogP contribution in [0.5, 0.6) is 5.75 Å². The van der Waals surface area contributed by atoms with Crippen LogP contribution >= 0.6 is 23.1 Å². The Hall–Kier alpha value is -1.50. The third-order valence-corrected chi connectivity index (χ3v) is 4.70. The average Bonchev–Trinajstić information content (AvgIpc) is 2.85.